The molecule has 2 aromatic rings. The van der Waals surface area contributed by atoms with Gasteiger partial charge < -0.3 is 0 Å². The fourth-order valence-corrected chi connectivity index (χ4v) is 9.56. The Balaban J connectivity index is 2.47. The van der Waals surface area contributed by atoms with Crippen LogP contribution in [0.5, 0.6) is 0 Å². The van der Waals surface area contributed by atoms with Crippen LogP contribution in [0.1, 0.15) is 0 Å². The first kappa shape index (κ1) is 12.9. The van der Waals surface area contributed by atoms with Crippen molar-refractivity contribution < 1.29 is 4.10 Å². The summed E-state index contributed by atoms with van der Waals surface area (Å²) in [5, 5.41) is 1.66. The summed E-state index contributed by atoms with van der Waals surface area (Å²) in [7, 11) is 0. The molecule has 89 valence electrons. The fraction of sp³-hybridized carbons (Fsp3) is 0.143. The van der Waals surface area contributed by atoms with Crippen LogP contribution in [-0.4, -0.2) is 23.3 Å². The van der Waals surface area contributed by atoms with Gasteiger partial charge in [0.15, 0.2) is 0 Å². The summed E-state index contributed by atoms with van der Waals surface area (Å²) in [4.78, 5) is 0. The van der Waals surface area contributed by atoms with E-state index in [1.807, 2.05) is 60.7 Å². The van der Waals surface area contributed by atoms with Gasteiger partial charge in [0, 0.05) is 0 Å². The zero-order valence-electron chi connectivity index (χ0n) is 9.46. The van der Waals surface area contributed by atoms with E-state index in [0.717, 1.165) is 19.2 Å². The molecule has 0 atom stereocenters. The van der Waals surface area contributed by atoms with Crippen molar-refractivity contribution in [2.75, 3.05) is 5.33 Å². The van der Waals surface area contributed by atoms with Crippen molar-refractivity contribution in [2.45, 2.75) is 5.21 Å². The predicted octanol–water partition coefficient (Wildman–Crippen LogP) is 2.13. The van der Waals surface area contributed by atoms with E-state index in [9.17, 15) is 4.10 Å². The molecule has 0 saturated carbocycles. The maximum atomic E-state index is 11.1. The molecule has 2 rings (SSSR count). The molecule has 1 N–H and O–H groups in total. The molecule has 0 heterocycles. The maximum absolute atomic E-state index is 11.1. The van der Waals surface area contributed by atoms with Crippen molar-refractivity contribution in [2.24, 2.45) is 0 Å². The summed E-state index contributed by atoms with van der Waals surface area (Å²) in [6.45, 7) is 0. The first-order chi connectivity index (χ1) is 8.27. The van der Waals surface area contributed by atoms with Crippen LogP contribution < -0.4 is 8.70 Å². The Kier molecular flexibility index (Phi) is 4.44. The van der Waals surface area contributed by atoms with Gasteiger partial charge in [0.2, 0.25) is 0 Å². The summed E-state index contributed by atoms with van der Waals surface area (Å²) in [6, 6.07) is 20.2. The van der Waals surface area contributed by atoms with Crippen molar-refractivity contribution in [3.63, 3.8) is 0 Å². The SMILES string of the molecule is O[As](CCBr)(c1ccccc1)c1ccccc1. The summed E-state index contributed by atoms with van der Waals surface area (Å²) < 4.78 is 13.3. The number of benzene rings is 2. The fourth-order valence-electron chi connectivity index (χ4n) is 1.88. The van der Waals surface area contributed by atoms with Crippen molar-refractivity contribution in [3.8, 4) is 0 Å². The summed E-state index contributed by atoms with van der Waals surface area (Å²) >= 11 is 0.525. The van der Waals surface area contributed by atoms with Crippen LogP contribution in [0.2, 0.25) is 5.21 Å². The number of hydrogen-bond acceptors (Lipinski definition) is 1. The third-order valence-corrected chi connectivity index (χ3v) is 11.2. The molecule has 0 unspecified atom stereocenters. The van der Waals surface area contributed by atoms with E-state index in [-0.39, 0.29) is 0 Å². The first-order valence-corrected chi connectivity index (χ1v) is 10.7. The van der Waals surface area contributed by atoms with Crippen LogP contribution in [0.15, 0.2) is 60.7 Å². The standard InChI is InChI=1S/C14H15AsBrO/c16-12-11-15(17,13-7-3-1-4-8-13)14-9-5-2-6-10-14/h1-10,17H,11-12H2. The number of halogens is 1. The van der Waals surface area contributed by atoms with Gasteiger partial charge in [-0.05, 0) is 0 Å². The Morgan fingerprint density at radius 3 is 1.59 bits per heavy atom. The average molecular weight is 354 g/mol. The Bertz CT molecular complexity index is 419. The molecule has 3 heteroatoms. The van der Waals surface area contributed by atoms with Gasteiger partial charge in [-0.1, -0.05) is 0 Å². The predicted molar refractivity (Wildman–Crippen MR) is 78.7 cm³/mol. The van der Waals surface area contributed by atoms with E-state index < -0.39 is 13.9 Å². The van der Waals surface area contributed by atoms with Gasteiger partial charge in [-0.25, -0.2) is 0 Å². The molecule has 0 bridgehead atoms. The summed E-state index contributed by atoms with van der Waals surface area (Å²) in [5.74, 6) is 0. The van der Waals surface area contributed by atoms with Crippen molar-refractivity contribution in [1.29, 1.82) is 0 Å². The molecule has 0 saturated heterocycles. The molecule has 2 aromatic carbocycles. The zero-order chi connectivity index (χ0) is 12.1. The second kappa shape index (κ2) is 5.86. The average Bonchev–Trinajstić information content (AvgIpc) is 2.41. The van der Waals surface area contributed by atoms with Gasteiger partial charge in [0.25, 0.3) is 0 Å². The molecule has 0 spiro atoms. The molecule has 0 aliphatic carbocycles. The van der Waals surface area contributed by atoms with Gasteiger partial charge >= 0.3 is 114 Å². The third-order valence-electron chi connectivity index (χ3n) is 2.77. The van der Waals surface area contributed by atoms with Crippen LogP contribution in [-0.2, 0) is 0 Å². The van der Waals surface area contributed by atoms with Crippen molar-refractivity contribution >= 4 is 38.5 Å². The van der Waals surface area contributed by atoms with Crippen LogP contribution >= 0.6 is 15.9 Å². The Labute approximate surface area is 113 Å². The monoisotopic (exact) mass is 353 g/mol. The van der Waals surface area contributed by atoms with Gasteiger partial charge in [-0.2, -0.15) is 0 Å². The number of rotatable bonds is 4. The van der Waals surface area contributed by atoms with E-state index in [1.54, 1.807) is 0 Å². The zero-order valence-corrected chi connectivity index (χ0v) is 12.9. The van der Waals surface area contributed by atoms with E-state index >= 15 is 0 Å². The normalized spacial score (nSPS) is 11.4. The van der Waals surface area contributed by atoms with Crippen LogP contribution in [0.25, 0.3) is 0 Å². The minimum atomic E-state index is -2.94. The van der Waals surface area contributed by atoms with E-state index in [0.29, 0.717) is 0 Å². The Morgan fingerprint density at radius 2 is 1.24 bits per heavy atom. The molecule has 0 amide bonds. The van der Waals surface area contributed by atoms with Gasteiger partial charge in [0.1, 0.15) is 0 Å². The molecule has 0 aliphatic rings. The van der Waals surface area contributed by atoms with E-state index in [4.69, 9.17) is 0 Å². The van der Waals surface area contributed by atoms with Crippen LogP contribution in [0.4, 0.5) is 0 Å². The van der Waals surface area contributed by atoms with E-state index in [2.05, 4.69) is 15.9 Å². The molecule has 1 radical (unpaired) electrons. The molecular weight excluding hydrogens is 339 g/mol. The first-order valence-electron chi connectivity index (χ1n) is 5.55. The molecular formula is C14H15AsBrO. The van der Waals surface area contributed by atoms with Crippen molar-refractivity contribution in [3.05, 3.63) is 60.7 Å². The second-order valence-electron chi connectivity index (χ2n) is 3.85. The molecule has 0 aliphatic heterocycles. The molecule has 0 aromatic heterocycles. The number of hydrogen-bond donors (Lipinski definition) is 1. The summed E-state index contributed by atoms with van der Waals surface area (Å²) in [6.07, 6.45) is 0. The third kappa shape index (κ3) is 2.82. The topological polar surface area (TPSA) is 20.2 Å². The van der Waals surface area contributed by atoms with Crippen LogP contribution in [0.3, 0.4) is 0 Å². The Morgan fingerprint density at radius 1 is 0.824 bits per heavy atom. The molecule has 17 heavy (non-hydrogen) atoms. The minimum absolute atomic E-state index is 0.826. The molecule has 0 fully saturated rings. The number of alkyl halides is 1. The second-order valence-corrected chi connectivity index (χ2v) is 11.0. The van der Waals surface area contributed by atoms with Gasteiger partial charge in [-0.3, -0.25) is 0 Å². The molecule has 1 nitrogen and oxygen atoms in total. The quantitative estimate of drug-likeness (QED) is 0.659. The summed E-state index contributed by atoms with van der Waals surface area (Å²) in [5.41, 5.74) is 0. The van der Waals surface area contributed by atoms with Crippen LogP contribution in [0, 0.1) is 0 Å². The Hall–Kier alpha value is -0.562. The van der Waals surface area contributed by atoms with E-state index in [1.165, 1.54) is 0 Å². The van der Waals surface area contributed by atoms with Crippen molar-refractivity contribution in [1.82, 2.24) is 0 Å². The van der Waals surface area contributed by atoms with Gasteiger partial charge in [-0.15, -0.1) is 0 Å². The van der Waals surface area contributed by atoms with Gasteiger partial charge in [0.05, 0.1) is 0 Å².